The molecule has 0 radical (unpaired) electrons. The summed E-state index contributed by atoms with van der Waals surface area (Å²) in [5.41, 5.74) is 0. The lowest BCUT2D eigenvalue weighted by atomic mass is 10.1. The Kier molecular flexibility index (Phi) is 0.845. The lowest BCUT2D eigenvalue weighted by molar-refractivity contribution is -0.922. The number of likely N-dealkylation sites (tertiary alicyclic amines) is 1. The smallest absolute Gasteiger partial charge is 0.0660 e. The molecular weight excluding hydrogens is 74.1 g/mol. The number of nitrogens with one attached hydrogen (secondary N) is 1. The van der Waals surface area contributed by atoms with Gasteiger partial charge in [-0.15, -0.1) is 0 Å². The van der Waals surface area contributed by atoms with E-state index in [1.54, 1.807) is 0 Å². The maximum atomic E-state index is 3.84. The van der Waals surface area contributed by atoms with Crippen LogP contribution in [0.4, 0.5) is 0 Å². The summed E-state index contributed by atoms with van der Waals surface area (Å²) in [5, 5.41) is 0. The molecule has 1 nitrogen and oxygen atoms in total. The maximum Gasteiger partial charge on any atom is 0.0660 e. The highest BCUT2D eigenvalue weighted by molar-refractivity contribution is 4.54. The average Bonchev–Trinajstić information content (AvgIpc) is 1.61. The van der Waals surface area contributed by atoms with Gasteiger partial charge in [0.25, 0.3) is 0 Å². The Morgan fingerprint density at radius 3 is 2.33 bits per heavy atom. The van der Waals surface area contributed by atoms with Gasteiger partial charge in [-0.3, -0.25) is 0 Å². The molecule has 1 aliphatic heterocycles. The third kappa shape index (κ3) is 0.432. The van der Waals surface area contributed by atoms with Crippen LogP contribution in [-0.2, 0) is 0 Å². The Morgan fingerprint density at radius 1 is 1.83 bits per heavy atom. The van der Waals surface area contributed by atoms with E-state index in [0.29, 0.717) is 0 Å². The number of hydrogen-bond acceptors (Lipinski definition) is 0. The Labute approximate surface area is 39.0 Å². The third-order valence-corrected chi connectivity index (χ3v) is 1.60. The minimum absolute atomic E-state index is 0.838. The zero-order chi connectivity index (χ0) is 4.57. The van der Waals surface area contributed by atoms with E-state index in [2.05, 4.69) is 14.0 Å². The molecule has 0 aromatic rings. The van der Waals surface area contributed by atoms with Crippen molar-refractivity contribution in [3.63, 3.8) is 0 Å². The summed E-state index contributed by atoms with van der Waals surface area (Å²) < 4.78 is 0. The second kappa shape index (κ2) is 1.23. The minimum atomic E-state index is 0.838. The molecule has 0 amide bonds. The fraction of sp³-hybridized carbons (Fsp3) is 0.800. The minimum Gasteiger partial charge on any atom is -0.465 e. The number of rotatable bonds is 0. The van der Waals surface area contributed by atoms with Crippen LogP contribution in [0.3, 0.4) is 0 Å². The van der Waals surface area contributed by atoms with Crippen LogP contribution < -0.4 is 4.90 Å². The molecule has 6 heavy (non-hydrogen) atoms. The first-order valence-electron chi connectivity index (χ1n) is 2.48. The zero-order valence-electron chi connectivity index (χ0n) is 4.20. The van der Waals surface area contributed by atoms with Gasteiger partial charge in [0.1, 0.15) is 0 Å². The normalized spacial score (nSPS) is 45.0. The molecule has 1 heterocycles. The Morgan fingerprint density at radius 2 is 2.33 bits per heavy atom. The van der Waals surface area contributed by atoms with E-state index in [-0.39, 0.29) is 0 Å². The van der Waals surface area contributed by atoms with Crippen molar-refractivity contribution in [2.75, 3.05) is 6.54 Å². The monoisotopic (exact) mass is 85.1 g/mol. The largest absolute Gasteiger partial charge is 0.465 e. The van der Waals surface area contributed by atoms with Crippen molar-refractivity contribution in [3.8, 4) is 0 Å². The fourth-order valence-corrected chi connectivity index (χ4v) is 0.637. The first-order chi connectivity index (χ1) is 2.80. The Hall–Kier alpha value is -0.0400. The number of quaternary nitrogens is 1. The van der Waals surface area contributed by atoms with Gasteiger partial charge in [0.15, 0.2) is 0 Å². The molecule has 36 valence electrons. The molecule has 0 aliphatic carbocycles. The Bertz CT molecular complexity index is 43.9. The van der Waals surface area contributed by atoms with E-state index in [1.165, 1.54) is 17.9 Å². The molecule has 0 bridgehead atoms. The highest BCUT2D eigenvalue weighted by Crippen LogP contribution is 1.89. The van der Waals surface area contributed by atoms with Crippen molar-refractivity contribution in [1.29, 1.82) is 0 Å². The molecule has 0 aromatic carbocycles. The second-order valence-electron chi connectivity index (χ2n) is 2.10. The quantitative estimate of drug-likeness (QED) is 0.377. The van der Waals surface area contributed by atoms with Crippen molar-refractivity contribution in [2.24, 2.45) is 0 Å². The van der Waals surface area contributed by atoms with Crippen LogP contribution in [0.1, 0.15) is 13.3 Å². The third-order valence-electron chi connectivity index (χ3n) is 1.60. The predicted octanol–water partition coefficient (Wildman–Crippen LogP) is -0.545. The molecule has 0 aromatic heterocycles. The molecule has 1 saturated heterocycles. The molecular formula is C5H11N. The fourth-order valence-electron chi connectivity index (χ4n) is 0.637. The van der Waals surface area contributed by atoms with Gasteiger partial charge in [-0.1, -0.05) is 0 Å². The molecule has 1 N–H and O–H groups in total. The summed E-state index contributed by atoms with van der Waals surface area (Å²) in [5.74, 6) is 0. The molecule has 2 atom stereocenters. The molecule has 1 heteroatoms. The first-order valence-corrected chi connectivity index (χ1v) is 2.48. The van der Waals surface area contributed by atoms with Crippen LogP contribution in [0.25, 0.3) is 0 Å². The van der Waals surface area contributed by atoms with Gasteiger partial charge in [-0.2, -0.15) is 7.05 Å². The lowest BCUT2D eigenvalue weighted by Gasteiger charge is -2.37. The van der Waals surface area contributed by atoms with Gasteiger partial charge >= 0.3 is 0 Å². The van der Waals surface area contributed by atoms with E-state index >= 15 is 0 Å². The van der Waals surface area contributed by atoms with Gasteiger partial charge in [0, 0.05) is 6.42 Å². The van der Waals surface area contributed by atoms with Gasteiger partial charge in [-0.05, 0) is 6.92 Å². The molecule has 1 aliphatic rings. The highest BCUT2D eigenvalue weighted by atomic mass is 15.2. The maximum absolute atomic E-state index is 3.84. The van der Waals surface area contributed by atoms with Crippen LogP contribution in [0.2, 0.25) is 0 Å². The lowest BCUT2D eigenvalue weighted by Crippen LogP contribution is -3.17. The SMILES string of the molecule is [CH2-][NH+]1CC[C@@H]1C. The van der Waals surface area contributed by atoms with E-state index in [9.17, 15) is 0 Å². The summed E-state index contributed by atoms with van der Waals surface area (Å²) in [6.07, 6.45) is 1.37. The zero-order valence-corrected chi connectivity index (χ0v) is 4.20. The van der Waals surface area contributed by atoms with E-state index < -0.39 is 0 Å². The van der Waals surface area contributed by atoms with Crippen molar-refractivity contribution in [3.05, 3.63) is 7.05 Å². The average molecular weight is 85.1 g/mol. The first kappa shape index (κ1) is 4.13. The van der Waals surface area contributed by atoms with E-state index in [1.807, 2.05) is 0 Å². The van der Waals surface area contributed by atoms with Crippen LogP contribution in [0, 0.1) is 7.05 Å². The summed E-state index contributed by atoms with van der Waals surface area (Å²) in [6, 6.07) is 0.838. The molecule has 0 spiro atoms. The summed E-state index contributed by atoms with van der Waals surface area (Å²) in [4.78, 5) is 1.44. The van der Waals surface area contributed by atoms with E-state index in [0.717, 1.165) is 6.04 Å². The molecule has 0 saturated carbocycles. The molecule has 1 fully saturated rings. The van der Waals surface area contributed by atoms with Crippen molar-refractivity contribution >= 4 is 0 Å². The molecule has 1 unspecified atom stereocenters. The van der Waals surface area contributed by atoms with Gasteiger partial charge in [0.05, 0.1) is 12.6 Å². The summed E-state index contributed by atoms with van der Waals surface area (Å²) >= 11 is 0. The van der Waals surface area contributed by atoms with Crippen LogP contribution in [0.5, 0.6) is 0 Å². The summed E-state index contributed by atoms with van der Waals surface area (Å²) in [6.45, 7) is 3.51. The van der Waals surface area contributed by atoms with Crippen LogP contribution in [0.15, 0.2) is 0 Å². The van der Waals surface area contributed by atoms with E-state index in [4.69, 9.17) is 0 Å². The van der Waals surface area contributed by atoms with Gasteiger partial charge in [-0.25, -0.2) is 0 Å². The highest BCUT2D eigenvalue weighted by Gasteiger charge is 2.17. The van der Waals surface area contributed by atoms with Crippen LogP contribution in [-0.4, -0.2) is 12.6 Å². The van der Waals surface area contributed by atoms with Gasteiger partial charge in [0.2, 0.25) is 0 Å². The number of hydrogen-bond donors (Lipinski definition) is 1. The second-order valence-corrected chi connectivity index (χ2v) is 2.10. The Balaban J connectivity index is 2.20. The predicted molar refractivity (Wildman–Crippen MR) is 25.3 cm³/mol. The standard InChI is InChI=1S/C5H11N/c1-5-3-4-6(5)2/h5-6H,2-4H2,1H3/t5-/m0/s1. The van der Waals surface area contributed by atoms with Crippen molar-refractivity contribution in [2.45, 2.75) is 19.4 Å². The van der Waals surface area contributed by atoms with Crippen molar-refractivity contribution in [1.82, 2.24) is 0 Å². The van der Waals surface area contributed by atoms with Crippen molar-refractivity contribution < 1.29 is 4.90 Å². The van der Waals surface area contributed by atoms with Gasteiger partial charge < -0.3 is 4.90 Å². The topological polar surface area (TPSA) is 4.44 Å². The molecule has 1 rings (SSSR count). The van der Waals surface area contributed by atoms with Crippen LogP contribution >= 0.6 is 0 Å². The summed E-state index contributed by atoms with van der Waals surface area (Å²) in [7, 11) is 3.84.